The highest BCUT2D eigenvalue weighted by molar-refractivity contribution is 9.10. The molecule has 1 N–H and O–H groups in total. The summed E-state index contributed by atoms with van der Waals surface area (Å²) in [7, 11) is 0. The van der Waals surface area contributed by atoms with Crippen LogP contribution < -0.4 is 5.32 Å². The fraction of sp³-hybridized carbons (Fsp3) is 0.636. The quantitative estimate of drug-likeness (QED) is 0.816. The molecule has 0 amide bonds. The third kappa shape index (κ3) is 5.88. The zero-order valence-corrected chi connectivity index (χ0v) is 11.9. The van der Waals surface area contributed by atoms with Crippen molar-refractivity contribution in [2.75, 3.05) is 6.54 Å². The van der Waals surface area contributed by atoms with Gasteiger partial charge in [0.1, 0.15) is 0 Å². The van der Waals surface area contributed by atoms with Gasteiger partial charge in [-0.3, -0.25) is 0 Å². The maximum atomic E-state index is 12.2. The first kappa shape index (κ1) is 15.0. The van der Waals surface area contributed by atoms with Crippen molar-refractivity contribution in [1.29, 1.82) is 0 Å². The predicted molar refractivity (Wildman–Crippen MR) is 68.5 cm³/mol. The molecule has 98 valence electrons. The van der Waals surface area contributed by atoms with Gasteiger partial charge in [-0.15, -0.1) is 11.3 Å². The van der Waals surface area contributed by atoms with E-state index >= 15 is 0 Å². The van der Waals surface area contributed by atoms with Gasteiger partial charge in [0, 0.05) is 21.8 Å². The van der Waals surface area contributed by atoms with Crippen molar-refractivity contribution in [3.8, 4) is 0 Å². The number of likely N-dealkylation sites (N-methyl/N-ethyl adjacent to an activating group) is 1. The molecule has 0 spiro atoms. The maximum Gasteiger partial charge on any atom is 0.389 e. The SMILES string of the molecule is CCNC(CCC(F)(F)F)Cc1sccc1Br. The fourth-order valence-corrected chi connectivity index (χ4v) is 3.19. The lowest BCUT2D eigenvalue weighted by Gasteiger charge is -2.18. The number of hydrogen-bond donors (Lipinski definition) is 1. The molecule has 1 nitrogen and oxygen atoms in total. The summed E-state index contributed by atoms with van der Waals surface area (Å²) in [6, 6.07) is 1.81. The summed E-state index contributed by atoms with van der Waals surface area (Å²) in [5.74, 6) is 0. The molecular weight excluding hydrogens is 315 g/mol. The van der Waals surface area contributed by atoms with Crippen molar-refractivity contribution in [2.45, 2.75) is 38.4 Å². The summed E-state index contributed by atoms with van der Waals surface area (Å²) >= 11 is 4.97. The minimum absolute atomic E-state index is 0.114. The van der Waals surface area contributed by atoms with Gasteiger partial charge < -0.3 is 5.32 Å². The number of hydrogen-bond acceptors (Lipinski definition) is 2. The van der Waals surface area contributed by atoms with E-state index in [0.29, 0.717) is 13.0 Å². The molecule has 0 bridgehead atoms. The van der Waals surface area contributed by atoms with Crippen molar-refractivity contribution in [1.82, 2.24) is 5.32 Å². The Bertz CT molecular complexity index is 338. The normalized spacial score (nSPS) is 13.9. The molecule has 1 atom stereocenters. The highest BCUT2D eigenvalue weighted by Gasteiger charge is 2.28. The second-order valence-electron chi connectivity index (χ2n) is 3.80. The molecule has 0 aliphatic rings. The molecule has 1 heterocycles. The Balaban J connectivity index is 2.51. The second-order valence-corrected chi connectivity index (χ2v) is 5.66. The van der Waals surface area contributed by atoms with E-state index in [2.05, 4.69) is 21.2 Å². The molecule has 0 radical (unpaired) electrons. The maximum absolute atomic E-state index is 12.2. The summed E-state index contributed by atoms with van der Waals surface area (Å²) in [6.45, 7) is 2.59. The third-order valence-corrected chi connectivity index (χ3v) is 4.34. The van der Waals surface area contributed by atoms with E-state index in [9.17, 15) is 13.2 Å². The Labute approximate surface area is 112 Å². The van der Waals surface area contributed by atoms with Crippen molar-refractivity contribution in [3.63, 3.8) is 0 Å². The molecule has 17 heavy (non-hydrogen) atoms. The van der Waals surface area contributed by atoms with Crippen LogP contribution in [-0.2, 0) is 6.42 Å². The van der Waals surface area contributed by atoms with Gasteiger partial charge in [0.2, 0.25) is 0 Å². The lowest BCUT2D eigenvalue weighted by Crippen LogP contribution is -2.32. The number of nitrogens with one attached hydrogen (secondary N) is 1. The van der Waals surface area contributed by atoms with E-state index in [-0.39, 0.29) is 12.5 Å². The van der Waals surface area contributed by atoms with Gasteiger partial charge in [-0.2, -0.15) is 13.2 Å². The predicted octanol–water partition coefficient (Wildman–Crippen LogP) is 4.37. The summed E-state index contributed by atoms with van der Waals surface area (Å²) < 4.78 is 37.5. The van der Waals surface area contributed by atoms with Gasteiger partial charge in [0.05, 0.1) is 0 Å². The summed E-state index contributed by atoms with van der Waals surface area (Å²) in [6.07, 6.45) is -4.03. The van der Waals surface area contributed by atoms with Crippen molar-refractivity contribution in [3.05, 3.63) is 20.8 Å². The monoisotopic (exact) mass is 329 g/mol. The number of rotatable bonds is 6. The first-order valence-electron chi connectivity index (χ1n) is 5.44. The van der Waals surface area contributed by atoms with Gasteiger partial charge in [-0.1, -0.05) is 6.92 Å². The average Bonchev–Trinajstić information content (AvgIpc) is 2.60. The number of alkyl halides is 3. The molecule has 1 aromatic rings. The molecule has 1 unspecified atom stereocenters. The van der Waals surface area contributed by atoms with Gasteiger partial charge in [-0.25, -0.2) is 0 Å². The largest absolute Gasteiger partial charge is 0.389 e. The first-order valence-corrected chi connectivity index (χ1v) is 7.11. The summed E-state index contributed by atoms with van der Waals surface area (Å²) in [5, 5.41) is 5.04. The second kappa shape index (κ2) is 6.75. The van der Waals surface area contributed by atoms with Crippen LogP contribution in [0.4, 0.5) is 13.2 Å². The van der Waals surface area contributed by atoms with Crippen LogP contribution in [0.2, 0.25) is 0 Å². The smallest absolute Gasteiger partial charge is 0.314 e. The van der Waals surface area contributed by atoms with Gasteiger partial charge in [0.25, 0.3) is 0 Å². The number of thiophene rings is 1. The Kier molecular flexibility index (Phi) is 5.95. The Hall–Kier alpha value is -0.0700. The average molecular weight is 330 g/mol. The van der Waals surface area contributed by atoms with E-state index in [4.69, 9.17) is 0 Å². The molecule has 0 aromatic carbocycles. The Morgan fingerprint density at radius 1 is 1.47 bits per heavy atom. The van der Waals surface area contributed by atoms with E-state index < -0.39 is 12.6 Å². The molecule has 0 aliphatic carbocycles. The third-order valence-electron chi connectivity index (χ3n) is 2.39. The van der Waals surface area contributed by atoms with Crippen LogP contribution in [0, 0.1) is 0 Å². The molecule has 1 aromatic heterocycles. The van der Waals surface area contributed by atoms with Crippen molar-refractivity contribution < 1.29 is 13.2 Å². The lowest BCUT2D eigenvalue weighted by atomic mass is 10.1. The van der Waals surface area contributed by atoms with Crippen LogP contribution in [0.1, 0.15) is 24.6 Å². The summed E-state index contributed by atoms with van der Waals surface area (Å²) in [5.41, 5.74) is 0. The number of halogens is 4. The van der Waals surface area contributed by atoms with E-state index in [1.54, 1.807) is 11.3 Å². The van der Waals surface area contributed by atoms with Crippen molar-refractivity contribution >= 4 is 27.3 Å². The van der Waals surface area contributed by atoms with Gasteiger partial charge >= 0.3 is 6.18 Å². The Morgan fingerprint density at radius 3 is 2.65 bits per heavy atom. The minimum Gasteiger partial charge on any atom is -0.314 e. The standard InChI is InChI=1S/C11H15BrF3NS/c1-2-16-8(3-5-11(13,14)15)7-10-9(12)4-6-17-10/h4,6,8,16H,2-3,5,7H2,1H3. The molecule has 1 rings (SSSR count). The fourth-order valence-electron chi connectivity index (χ4n) is 1.60. The van der Waals surface area contributed by atoms with E-state index in [0.717, 1.165) is 9.35 Å². The van der Waals surface area contributed by atoms with E-state index in [1.165, 1.54) is 0 Å². The lowest BCUT2D eigenvalue weighted by molar-refractivity contribution is -0.136. The molecule has 0 saturated heterocycles. The first-order chi connectivity index (χ1) is 7.92. The van der Waals surface area contributed by atoms with Crippen LogP contribution in [0.15, 0.2) is 15.9 Å². The zero-order valence-electron chi connectivity index (χ0n) is 9.48. The van der Waals surface area contributed by atoms with Gasteiger partial charge in [-0.05, 0) is 46.8 Å². The van der Waals surface area contributed by atoms with Crippen LogP contribution in [0.3, 0.4) is 0 Å². The molecule has 0 saturated carbocycles. The highest BCUT2D eigenvalue weighted by atomic mass is 79.9. The topological polar surface area (TPSA) is 12.0 Å². The molecular formula is C11H15BrF3NS. The molecule has 0 aliphatic heterocycles. The zero-order chi connectivity index (χ0) is 12.9. The van der Waals surface area contributed by atoms with Gasteiger partial charge in [0.15, 0.2) is 0 Å². The van der Waals surface area contributed by atoms with E-state index in [1.807, 2.05) is 18.4 Å². The van der Waals surface area contributed by atoms with Crippen LogP contribution >= 0.6 is 27.3 Å². The molecule has 0 fully saturated rings. The molecule has 6 heteroatoms. The van der Waals surface area contributed by atoms with Crippen LogP contribution in [0.5, 0.6) is 0 Å². The summed E-state index contributed by atoms with van der Waals surface area (Å²) in [4.78, 5) is 1.10. The van der Waals surface area contributed by atoms with Crippen molar-refractivity contribution in [2.24, 2.45) is 0 Å². The highest BCUT2D eigenvalue weighted by Crippen LogP contribution is 2.27. The van der Waals surface area contributed by atoms with Crippen LogP contribution in [0.25, 0.3) is 0 Å². The van der Waals surface area contributed by atoms with Crippen LogP contribution in [-0.4, -0.2) is 18.8 Å². The Morgan fingerprint density at radius 2 is 2.18 bits per heavy atom. The minimum atomic E-state index is -4.07.